The van der Waals surface area contributed by atoms with Crippen molar-refractivity contribution in [2.75, 3.05) is 4.90 Å². The van der Waals surface area contributed by atoms with Gasteiger partial charge in [-0.25, -0.2) is 0 Å². The van der Waals surface area contributed by atoms with Gasteiger partial charge in [0.25, 0.3) is 0 Å². The molecule has 12 aromatic carbocycles. The second kappa shape index (κ2) is 17.6. The van der Waals surface area contributed by atoms with Crippen molar-refractivity contribution in [3.05, 3.63) is 313 Å². The number of fused-ring (bicyclic) bond motifs is 14. The van der Waals surface area contributed by atoms with Crippen LogP contribution in [0, 0.1) is 0 Å². The molecule has 0 radical (unpaired) electrons. The van der Waals surface area contributed by atoms with E-state index in [1.165, 1.54) is 115 Å². The van der Waals surface area contributed by atoms with E-state index >= 15 is 0 Å². The van der Waals surface area contributed by atoms with E-state index in [2.05, 4.69) is 301 Å². The molecule has 2 aliphatic carbocycles. The Balaban J connectivity index is 0.917. The summed E-state index contributed by atoms with van der Waals surface area (Å²) in [6.07, 6.45) is 0. The van der Waals surface area contributed by atoms with Gasteiger partial charge in [-0.3, -0.25) is 0 Å². The van der Waals surface area contributed by atoms with Crippen molar-refractivity contribution < 1.29 is 0 Å². The number of rotatable bonds is 8. The third kappa shape index (κ3) is 6.56. The summed E-state index contributed by atoms with van der Waals surface area (Å²) in [5.41, 5.74) is 24.1. The summed E-state index contributed by atoms with van der Waals surface area (Å²) in [5.74, 6) is 0. The van der Waals surface area contributed by atoms with Gasteiger partial charge >= 0.3 is 0 Å². The molecule has 16 rings (SSSR count). The van der Waals surface area contributed by atoms with Gasteiger partial charge in [-0.15, -0.1) is 11.3 Å². The first-order valence-corrected chi connectivity index (χ1v) is 27.7. The normalized spacial score (nSPS) is 13.9. The molecular weight excluding hydrogens is 961 g/mol. The average molecular weight is 1010 g/mol. The molecule has 2 aliphatic rings. The van der Waals surface area contributed by atoms with Crippen molar-refractivity contribution in [1.29, 1.82) is 0 Å². The van der Waals surface area contributed by atoms with Crippen molar-refractivity contribution in [1.82, 2.24) is 4.57 Å². The van der Waals surface area contributed by atoms with Crippen molar-refractivity contribution >= 4 is 61.0 Å². The van der Waals surface area contributed by atoms with E-state index in [1.54, 1.807) is 0 Å². The van der Waals surface area contributed by atoms with Crippen molar-refractivity contribution in [3.63, 3.8) is 0 Å². The van der Waals surface area contributed by atoms with Gasteiger partial charge in [-0.1, -0.05) is 237 Å². The van der Waals surface area contributed by atoms with Crippen LogP contribution in [0.4, 0.5) is 17.1 Å². The van der Waals surface area contributed by atoms with Gasteiger partial charge in [-0.2, -0.15) is 0 Å². The van der Waals surface area contributed by atoms with Crippen LogP contribution in [0.5, 0.6) is 0 Å². The Hall–Kier alpha value is -9.80. The highest BCUT2D eigenvalue weighted by Crippen LogP contribution is 2.68. The van der Waals surface area contributed by atoms with Crippen LogP contribution in [0.1, 0.15) is 22.3 Å². The smallest absolute Gasteiger partial charge is 0.0740 e. The topological polar surface area (TPSA) is 8.17 Å². The molecule has 0 bridgehead atoms. The quantitative estimate of drug-likeness (QED) is 0.147. The fourth-order valence-corrected chi connectivity index (χ4v) is 14.8. The van der Waals surface area contributed by atoms with Crippen LogP contribution in [0.15, 0.2) is 291 Å². The van der Waals surface area contributed by atoms with Gasteiger partial charge in [0.15, 0.2) is 0 Å². The number of thiophene rings is 1. The zero-order valence-electron chi connectivity index (χ0n) is 42.5. The predicted molar refractivity (Wildman–Crippen MR) is 329 cm³/mol. The number of anilines is 3. The summed E-state index contributed by atoms with van der Waals surface area (Å²) in [4.78, 5) is 5.12. The monoisotopic (exact) mass is 1010 g/mol. The lowest BCUT2D eigenvalue weighted by atomic mass is 9.68. The third-order valence-electron chi connectivity index (χ3n) is 16.6. The van der Waals surface area contributed by atoms with Crippen LogP contribution in [-0.2, 0) is 5.41 Å². The fraction of sp³-hybridized carbons (Fsp3) is 0.0133. The molecule has 1 spiro atoms. The average Bonchev–Trinajstić information content (AvgIpc) is 3.65. The molecule has 2 aromatic heterocycles. The van der Waals surface area contributed by atoms with Crippen LogP contribution >= 0.6 is 11.3 Å². The molecule has 2 nitrogen and oxygen atoms in total. The van der Waals surface area contributed by atoms with E-state index in [4.69, 9.17) is 0 Å². The Morgan fingerprint density at radius 2 is 0.833 bits per heavy atom. The molecule has 364 valence electrons. The van der Waals surface area contributed by atoms with Gasteiger partial charge in [0, 0.05) is 48.5 Å². The minimum Gasteiger partial charge on any atom is -0.310 e. The molecule has 0 amide bonds. The van der Waals surface area contributed by atoms with Crippen molar-refractivity contribution in [2.24, 2.45) is 0 Å². The van der Waals surface area contributed by atoms with Crippen LogP contribution in [-0.4, -0.2) is 4.57 Å². The zero-order chi connectivity index (χ0) is 51.3. The van der Waals surface area contributed by atoms with Crippen LogP contribution in [0.25, 0.3) is 104 Å². The van der Waals surface area contributed by atoms with Crippen LogP contribution in [0.3, 0.4) is 0 Å². The summed E-state index contributed by atoms with van der Waals surface area (Å²) in [7, 11) is 0. The number of nitrogens with zero attached hydrogens (tertiary/aromatic N) is 2. The van der Waals surface area contributed by atoms with Crippen molar-refractivity contribution in [2.45, 2.75) is 5.41 Å². The molecule has 0 fully saturated rings. The molecular formula is C75H48N2S. The fourth-order valence-electron chi connectivity index (χ4n) is 13.3. The van der Waals surface area contributed by atoms with Gasteiger partial charge in [0.2, 0.25) is 0 Å². The van der Waals surface area contributed by atoms with E-state index in [0.717, 1.165) is 28.3 Å². The van der Waals surface area contributed by atoms with E-state index in [9.17, 15) is 0 Å². The van der Waals surface area contributed by atoms with Gasteiger partial charge in [0.05, 0.1) is 22.1 Å². The van der Waals surface area contributed by atoms with Gasteiger partial charge in [-0.05, 0) is 132 Å². The molecule has 0 N–H and O–H groups in total. The number of para-hydroxylation sites is 2. The van der Waals surface area contributed by atoms with E-state index in [-0.39, 0.29) is 0 Å². The Labute approximate surface area is 457 Å². The molecule has 14 aromatic rings. The van der Waals surface area contributed by atoms with Gasteiger partial charge in [0.1, 0.15) is 0 Å². The number of hydrogen-bond donors (Lipinski definition) is 0. The molecule has 0 saturated carbocycles. The maximum absolute atomic E-state index is 2.55. The minimum absolute atomic E-state index is 0.554. The van der Waals surface area contributed by atoms with Crippen LogP contribution in [0.2, 0.25) is 0 Å². The zero-order valence-corrected chi connectivity index (χ0v) is 43.3. The second-order valence-corrected chi connectivity index (χ2v) is 21.7. The lowest BCUT2D eigenvalue weighted by Crippen LogP contribution is -2.26. The lowest BCUT2D eigenvalue weighted by Gasteiger charge is -2.32. The first-order chi connectivity index (χ1) is 38.7. The SMILES string of the molecule is c1ccc(-c2ccc(N(c3ccc4c5ccccc5n(-c5ccccc5)c4c3)c3ccc(-c4ccc5c(c4)C4(c6ccccc6-5)c5ccccc5-c5sc(-c6ccccc6)c(-c6ccccc6)c54)c4ccccc34)cc2)cc1. The lowest BCUT2D eigenvalue weighted by molar-refractivity contribution is 0.798. The molecule has 0 saturated heterocycles. The number of benzene rings is 12. The summed E-state index contributed by atoms with van der Waals surface area (Å²) < 4.78 is 2.41. The predicted octanol–water partition coefficient (Wildman–Crippen LogP) is 20.5. The number of aromatic nitrogens is 1. The van der Waals surface area contributed by atoms with Crippen LogP contribution < -0.4 is 4.90 Å². The molecule has 78 heavy (non-hydrogen) atoms. The summed E-state index contributed by atoms with van der Waals surface area (Å²) in [6, 6.07) is 108. The summed E-state index contributed by atoms with van der Waals surface area (Å²) >= 11 is 1.95. The van der Waals surface area contributed by atoms with Gasteiger partial charge < -0.3 is 9.47 Å². The first-order valence-electron chi connectivity index (χ1n) is 26.9. The molecule has 0 aliphatic heterocycles. The first kappa shape index (κ1) is 44.5. The molecule has 2 heterocycles. The Morgan fingerprint density at radius 3 is 1.58 bits per heavy atom. The molecule has 1 atom stereocenters. The second-order valence-electron chi connectivity index (χ2n) is 20.7. The standard InChI is InChI=1S/C75H48N2S/c1-5-21-49(22-6-1)50-37-40-55(41-38-50)76(56-42-44-63-62-32-17-20-36-68(62)77(70(63)48-56)54-27-11-4-12-28-54)69-46-45-57(58-29-13-14-31-61(58)69)53-39-43-60-59-30-15-18-34-65(59)75(67(60)47-53)66-35-19-16-33-64(66)74-72(75)71(51-23-7-2-8-24-51)73(78-74)52-25-9-3-10-26-52/h1-48H. The Morgan fingerprint density at radius 1 is 0.308 bits per heavy atom. The molecule has 3 heteroatoms. The highest BCUT2D eigenvalue weighted by molar-refractivity contribution is 7.20. The highest BCUT2D eigenvalue weighted by atomic mass is 32.1. The molecule has 1 unspecified atom stereocenters. The highest BCUT2D eigenvalue weighted by Gasteiger charge is 2.54. The van der Waals surface area contributed by atoms with E-state index < -0.39 is 5.41 Å². The van der Waals surface area contributed by atoms with E-state index in [0.29, 0.717) is 0 Å². The van der Waals surface area contributed by atoms with E-state index in [1.807, 2.05) is 11.3 Å². The maximum atomic E-state index is 2.55. The largest absolute Gasteiger partial charge is 0.310 e. The summed E-state index contributed by atoms with van der Waals surface area (Å²) in [6.45, 7) is 0. The Bertz CT molecular complexity index is 4650. The third-order valence-corrected chi connectivity index (χ3v) is 17.9. The van der Waals surface area contributed by atoms with Crippen molar-refractivity contribution in [3.8, 4) is 71.1 Å². The Kier molecular flexibility index (Phi) is 10.1. The minimum atomic E-state index is -0.554. The summed E-state index contributed by atoms with van der Waals surface area (Å²) in [5, 5.41) is 4.83. The maximum Gasteiger partial charge on any atom is 0.0740 e. The number of hydrogen-bond acceptors (Lipinski definition) is 2.